The molecule has 0 heterocycles. The van der Waals surface area contributed by atoms with Crippen molar-refractivity contribution in [2.75, 3.05) is 20.5 Å². The summed E-state index contributed by atoms with van der Waals surface area (Å²) in [6, 6.07) is 5.87. The predicted molar refractivity (Wildman–Crippen MR) is 61.7 cm³/mol. The summed E-state index contributed by atoms with van der Waals surface area (Å²) in [5, 5.41) is 9.21. The Morgan fingerprint density at radius 3 is 2.73 bits per heavy atom. The summed E-state index contributed by atoms with van der Waals surface area (Å²) in [4.78, 5) is 0. The van der Waals surface area contributed by atoms with E-state index >= 15 is 0 Å². The van der Waals surface area contributed by atoms with Crippen LogP contribution in [-0.2, 0) is 9.47 Å². The molecule has 0 aromatic heterocycles. The fourth-order valence-corrected chi connectivity index (χ4v) is 1.87. The van der Waals surface area contributed by atoms with Crippen LogP contribution in [0.2, 0.25) is 0 Å². The third-order valence-corrected chi connectivity index (χ3v) is 2.62. The van der Waals surface area contributed by atoms with E-state index in [9.17, 15) is 5.11 Å². The van der Waals surface area contributed by atoms with Crippen LogP contribution < -0.4 is 0 Å². The van der Waals surface area contributed by atoms with E-state index in [0.29, 0.717) is 0 Å². The fourth-order valence-electron chi connectivity index (χ4n) is 1.39. The highest BCUT2D eigenvalue weighted by Gasteiger charge is 2.13. The molecular formula is C11H15BrO3. The summed E-state index contributed by atoms with van der Waals surface area (Å²) in [5.74, 6) is 0. The third-order valence-electron chi connectivity index (χ3n) is 2.13. The van der Waals surface area contributed by atoms with Crippen molar-refractivity contribution in [3.8, 4) is 0 Å². The first-order chi connectivity index (χ1) is 7.19. The number of ether oxygens (including phenoxy) is 2. The normalized spacial score (nSPS) is 12.8. The van der Waals surface area contributed by atoms with Crippen molar-refractivity contribution in [1.82, 2.24) is 0 Å². The van der Waals surface area contributed by atoms with Crippen LogP contribution in [0.1, 0.15) is 17.2 Å². The summed E-state index contributed by atoms with van der Waals surface area (Å²) in [7, 11) is 1.56. The Morgan fingerprint density at radius 1 is 1.47 bits per heavy atom. The Labute approximate surface area is 98.1 Å². The molecule has 15 heavy (non-hydrogen) atoms. The molecular weight excluding hydrogens is 260 g/mol. The van der Waals surface area contributed by atoms with Gasteiger partial charge in [0.25, 0.3) is 0 Å². The lowest BCUT2D eigenvalue weighted by molar-refractivity contribution is -0.0890. The molecule has 0 fully saturated rings. The Kier molecular flexibility index (Phi) is 5.25. The molecule has 0 saturated heterocycles. The fraction of sp³-hybridized carbons (Fsp3) is 0.455. The minimum atomic E-state index is -0.321. The average molecular weight is 275 g/mol. The summed E-state index contributed by atoms with van der Waals surface area (Å²) >= 11 is 3.39. The van der Waals surface area contributed by atoms with E-state index in [4.69, 9.17) is 9.47 Å². The first-order valence-electron chi connectivity index (χ1n) is 4.66. The van der Waals surface area contributed by atoms with E-state index in [0.717, 1.165) is 15.6 Å². The van der Waals surface area contributed by atoms with Crippen molar-refractivity contribution in [2.24, 2.45) is 0 Å². The number of halogens is 1. The van der Waals surface area contributed by atoms with Crippen LogP contribution in [0.3, 0.4) is 0 Å². The maximum Gasteiger partial charge on any atom is 0.147 e. The molecule has 0 bridgehead atoms. The van der Waals surface area contributed by atoms with Crippen molar-refractivity contribution in [1.29, 1.82) is 0 Å². The van der Waals surface area contributed by atoms with Crippen molar-refractivity contribution >= 4 is 15.9 Å². The highest BCUT2D eigenvalue weighted by Crippen LogP contribution is 2.23. The van der Waals surface area contributed by atoms with Crippen LogP contribution >= 0.6 is 15.9 Å². The van der Waals surface area contributed by atoms with Gasteiger partial charge in [0.15, 0.2) is 0 Å². The van der Waals surface area contributed by atoms with Gasteiger partial charge in [0, 0.05) is 11.6 Å². The number of methoxy groups -OCH3 is 1. The zero-order chi connectivity index (χ0) is 11.3. The topological polar surface area (TPSA) is 38.7 Å². The molecule has 3 nitrogen and oxygen atoms in total. The summed E-state index contributed by atoms with van der Waals surface area (Å²) in [6.45, 7) is 2.12. The molecule has 1 N–H and O–H groups in total. The third kappa shape index (κ3) is 3.57. The molecule has 0 unspecified atom stereocenters. The van der Waals surface area contributed by atoms with Crippen LogP contribution in [-0.4, -0.2) is 25.6 Å². The van der Waals surface area contributed by atoms with Crippen molar-refractivity contribution in [2.45, 2.75) is 13.0 Å². The number of hydrogen-bond acceptors (Lipinski definition) is 3. The first kappa shape index (κ1) is 12.6. The van der Waals surface area contributed by atoms with Gasteiger partial charge in [-0.2, -0.15) is 0 Å². The molecule has 1 atom stereocenters. The van der Waals surface area contributed by atoms with Crippen molar-refractivity contribution in [3.05, 3.63) is 33.8 Å². The maximum atomic E-state index is 9.21. The van der Waals surface area contributed by atoms with Gasteiger partial charge in [-0.3, -0.25) is 0 Å². The van der Waals surface area contributed by atoms with Gasteiger partial charge >= 0.3 is 0 Å². The van der Waals surface area contributed by atoms with Gasteiger partial charge in [-0.1, -0.05) is 22.0 Å². The zero-order valence-electron chi connectivity index (χ0n) is 8.87. The quantitative estimate of drug-likeness (QED) is 0.839. The number of hydrogen-bond donors (Lipinski definition) is 1. The second-order valence-electron chi connectivity index (χ2n) is 3.25. The van der Waals surface area contributed by atoms with Crippen LogP contribution in [0.25, 0.3) is 0 Å². The van der Waals surface area contributed by atoms with Gasteiger partial charge in [-0.15, -0.1) is 0 Å². The average Bonchev–Trinajstić information content (AvgIpc) is 2.21. The van der Waals surface area contributed by atoms with Crippen LogP contribution in [0.5, 0.6) is 0 Å². The minimum Gasteiger partial charge on any atom is -0.393 e. The molecule has 0 saturated carbocycles. The highest BCUT2D eigenvalue weighted by molar-refractivity contribution is 9.10. The summed E-state index contributed by atoms with van der Waals surface area (Å²) in [6.07, 6.45) is -0.321. The van der Waals surface area contributed by atoms with Gasteiger partial charge in [0.1, 0.15) is 12.9 Å². The van der Waals surface area contributed by atoms with Gasteiger partial charge in [-0.05, 0) is 30.2 Å². The predicted octanol–water partition coefficient (Wildman–Crippen LogP) is 2.41. The molecule has 0 aliphatic rings. The summed E-state index contributed by atoms with van der Waals surface area (Å²) < 4.78 is 11.2. The monoisotopic (exact) mass is 274 g/mol. The second kappa shape index (κ2) is 6.23. The molecule has 0 radical (unpaired) electrons. The van der Waals surface area contributed by atoms with E-state index in [-0.39, 0.29) is 19.5 Å². The number of aryl methyl sites for hydroxylation is 1. The Bertz CT molecular complexity index is 315. The lowest BCUT2D eigenvalue weighted by atomic mass is 10.0. The summed E-state index contributed by atoms with van der Waals surface area (Å²) in [5.41, 5.74) is 2.07. The Balaban J connectivity index is 2.81. The second-order valence-corrected chi connectivity index (χ2v) is 4.16. The largest absolute Gasteiger partial charge is 0.393 e. The Hall–Kier alpha value is -0.420. The van der Waals surface area contributed by atoms with Crippen LogP contribution in [0.15, 0.2) is 22.7 Å². The molecule has 0 amide bonds. The van der Waals surface area contributed by atoms with E-state index in [1.165, 1.54) is 0 Å². The van der Waals surface area contributed by atoms with Gasteiger partial charge < -0.3 is 14.6 Å². The maximum absolute atomic E-state index is 9.21. The number of aliphatic hydroxyl groups is 1. The van der Waals surface area contributed by atoms with E-state index < -0.39 is 0 Å². The molecule has 1 aromatic rings. The van der Waals surface area contributed by atoms with E-state index in [2.05, 4.69) is 15.9 Å². The molecule has 84 valence electrons. The van der Waals surface area contributed by atoms with Crippen LogP contribution in [0.4, 0.5) is 0 Å². The number of aliphatic hydroxyl groups excluding tert-OH is 1. The number of benzene rings is 1. The smallest absolute Gasteiger partial charge is 0.147 e. The Morgan fingerprint density at radius 2 is 2.20 bits per heavy atom. The standard InChI is InChI=1S/C11H15BrO3/c1-8-5-9(12)3-4-10(8)11(6-13)15-7-14-2/h3-5,11,13H,6-7H2,1-2H3/t11-/m0/s1. The lowest BCUT2D eigenvalue weighted by Crippen LogP contribution is -2.12. The van der Waals surface area contributed by atoms with E-state index in [1.807, 2.05) is 25.1 Å². The molecule has 0 aliphatic carbocycles. The molecule has 4 heteroatoms. The SMILES string of the molecule is COCO[C@@H](CO)c1ccc(Br)cc1C. The van der Waals surface area contributed by atoms with E-state index in [1.54, 1.807) is 7.11 Å². The van der Waals surface area contributed by atoms with Crippen molar-refractivity contribution in [3.63, 3.8) is 0 Å². The first-order valence-corrected chi connectivity index (χ1v) is 5.45. The molecule has 0 aliphatic heterocycles. The van der Waals surface area contributed by atoms with Gasteiger partial charge in [0.05, 0.1) is 6.61 Å². The molecule has 1 rings (SSSR count). The van der Waals surface area contributed by atoms with Crippen molar-refractivity contribution < 1.29 is 14.6 Å². The zero-order valence-corrected chi connectivity index (χ0v) is 10.5. The van der Waals surface area contributed by atoms with Gasteiger partial charge in [0.2, 0.25) is 0 Å². The minimum absolute atomic E-state index is 0.0498. The van der Waals surface area contributed by atoms with Crippen LogP contribution in [0, 0.1) is 6.92 Å². The lowest BCUT2D eigenvalue weighted by Gasteiger charge is -2.17. The highest BCUT2D eigenvalue weighted by atomic mass is 79.9. The number of rotatable bonds is 5. The van der Waals surface area contributed by atoms with Gasteiger partial charge in [-0.25, -0.2) is 0 Å². The molecule has 1 aromatic carbocycles. The molecule has 0 spiro atoms.